The molecule has 0 saturated heterocycles. The maximum absolute atomic E-state index is 12.6. The standard InChI is InChI=1S/C17H17NO6/c1-20-11-7-14(21-2)16(15(8-11)22-3)18-17(19)10-4-5-12-13(6-10)24-9-23-12/h4-8H,9H2,1-3H3,(H,18,19). The van der Waals surface area contributed by atoms with Gasteiger partial charge in [0.2, 0.25) is 6.79 Å². The van der Waals surface area contributed by atoms with E-state index in [-0.39, 0.29) is 12.7 Å². The van der Waals surface area contributed by atoms with Crippen LogP contribution >= 0.6 is 0 Å². The summed E-state index contributed by atoms with van der Waals surface area (Å²) in [5.41, 5.74) is 0.850. The number of carbonyl (C=O) groups is 1. The molecule has 3 rings (SSSR count). The Morgan fingerprint density at radius 2 is 1.62 bits per heavy atom. The van der Waals surface area contributed by atoms with Crippen LogP contribution in [0.5, 0.6) is 28.7 Å². The van der Waals surface area contributed by atoms with E-state index in [4.69, 9.17) is 23.7 Å². The van der Waals surface area contributed by atoms with Crippen LogP contribution in [0.2, 0.25) is 0 Å². The van der Waals surface area contributed by atoms with Crippen molar-refractivity contribution in [3.63, 3.8) is 0 Å². The van der Waals surface area contributed by atoms with Gasteiger partial charge in [-0.25, -0.2) is 0 Å². The van der Waals surface area contributed by atoms with E-state index in [1.165, 1.54) is 14.2 Å². The minimum absolute atomic E-state index is 0.153. The predicted octanol–water partition coefficient (Wildman–Crippen LogP) is 2.69. The molecule has 0 radical (unpaired) electrons. The lowest BCUT2D eigenvalue weighted by atomic mass is 10.1. The number of carbonyl (C=O) groups excluding carboxylic acids is 1. The molecule has 1 N–H and O–H groups in total. The average molecular weight is 331 g/mol. The lowest BCUT2D eigenvalue weighted by molar-refractivity contribution is 0.102. The number of hydrogen-bond donors (Lipinski definition) is 1. The molecule has 24 heavy (non-hydrogen) atoms. The van der Waals surface area contributed by atoms with Gasteiger partial charge in [0.1, 0.15) is 22.9 Å². The smallest absolute Gasteiger partial charge is 0.256 e. The van der Waals surface area contributed by atoms with Crippen molar-refractivity contribution in [2.75, 3.05) is 33.4 Å². The number of anilines is 1. The van der Waals surface area contributed by atoms with Gasteiger partial charge in [-0.2, -0.15) is 0 Å². The summed E-state index contributed by atoms with van der Waals surface area (Å²) in [6.45, 7) is 0.153. The molecule has 0 aromatic heterocycles. The first-order valence-corrected chi connectivity index (χ1v) is 7.17. The third-order valence-corrected chi connectivity index (χ3v) is 3.59. The summed E-state index contributed by atoms with van der Waals surface area (Å²) < 4.78 is 26.4. The fourth-order valence-corrected chi connectivity index (χ4v) is 2.35. The van der Waals surface area contributed by atoms with Crippen molar-refractivity contribution in [2.24, 2.45) is 0 Å². The average Bonchev–Trinajstić information content (AvgIpc) is 3.09. The van der Waals surface area contributed by atoms with Crippen LogP contribution in [0, 0.1) is 0 Å². The van der Waals surface area contributed by atoms with Gasteiger partial charge >= 0.3 is 0 Å². The van der Waals surface area contributed by atoms with Crippen molar-refractivity contribution in [2.45, 2.75) is 0 Å². The van der Waals surface area contributed by atoms with Crippen molar-refractivity contribution in [1.29, 1.82) is 0 Å². The van der Waals surface area contributed by atoms with Gasteiger partial charge in [-0.05, 0) is 18.2 Å². The molecule has 0 saturated carbocycles. The zero-order valence-electron chi connectivity index (χ0n) is 13.5. The summed E-state index contributed by atoms with van der Waals surface area (Å²) in [5, 5.41) is 2.80. The van der Waals surface area contributed by atoms with E-state index >= 15 is 0 Å². The van der Waals surface area contributed by atoms with Crippen molar-refractivity contribution in [3.05, 3.63) is 35.9 Å². The second-order valence-corrected chi connectivity index (χ2v) is 4.93. The van der Waals surface area contributed by atoms with Crippen molar-refractivity contribution >= 4 is 11.6 Å². The number of rotatable bonds is 5. The number of fused-ring (bicyclic) bond motifs is 1. The normalized spacial score (nSPS) is 11.8. The Kier molecular flexibility index (Phi) is 4.33. The Morgan fingerprint density at radius 1 is 0.958 bits per heavy atom. The molecule has 0 aliphatic carbocycles. The second kappa shape index (κ2) is 6.57. The molecule has 126 valence electrons. The lowest BCUT2D eigenvalue weighted by Crippen LogP contribution is -2.13. The number of benzene rings is 2. The van der Waals surface area contributed by atoms with Crippen LogP contribution in [-0.2, 0) is 0 Å². The molecule has 7 nitrogen and oxygen atoms in total. The highest BCUT2D eigenvalue weighted by atomic mass is 16.7. The van der Waals surface area contributed by atoms with Crippen LogP contribution in [0.4, 0.5) is 5.69 Å². The molecule has 0 bridgehead atoms. The topological polar surface area (TPSA) is 75.3 Å². The van der Waals surface area contributed by atoms with E-state index in [9.17, 15) is 4.79 Å². The van der Waals surface area contributed by atoms with Gasteiger partial charge in [-0.3, -0.25) is 4.79 Å². The molecule has 0 fully saturated rings. The molecular formula is C17H17NO6. The molecule has 1 heterocycles. The van der Waals surface area contributed by atoms with Crippen molar-refractivity contribution < 1.29 is 28.5 Å². The molecule has 7 heteroatoms. The highest BCUT2D eigenvalue weighted by Crippen LogP contribution is 2.39. The van der Waals surface area contributed by atoms with Crippen molar-refractivity contribution in [3.8, 4) is 28.7 Å². The van der Waals surface area contributed by atoms with Gasteiger partial charge in [-0.15, -0.1) is 0 Å². The summed E-state index contributed by atoms with van der Waals surface area (Å²) in [7, 11) is 4.55. The number of ether oxygens (including phenoxy) is 5. The molecule has 0 spiro atoms. The van der Waals surface area contributed by atoms with Crippen LogP contribution in [0.25, 0.3) is 0 Å². The Bertz CT molecular complexity index is 749. The van der Waals surface area contributed by atoms with E-state index in [0.717, 1.165) is 0 Å². The summed E-state index contributed by atoms with van der Waals surface area (Å²) in [6.07, 6.45) is 0. The van der Waals surface area contributed by atoms with Gasteiger partial charge in [0.25, 0.3) is 5.91 Å². The molecule has 2 aromatic carbocycles. The van der Waals surface area contributed by atoms with Crippen LogP contribution < -0.4 is 29.0 Å². The second-order valence-electron chi connectivity index (χ2n) is 4.93. The Balaban J connectivity index is 1.91. The Labute approximate surface area is 139 Å². The molecule has 0 atom stereocenters. The van der Waals surface area contributed by atoms with Crippen LogP contribution in [0.15, 0.2) is 30.3 Å². The van der Waals surface area contributed by atoms with Gasteiger partial charge in [0.15, 0.2) is 11.5 Å². The number of hydrogen-bond acceptors (Lipinski definition) is 6. The van der Waals surface area contributed by atoms with Gasteiger partial charge < -0.3 is 29.0 Å². The number of methoxy groups -OCH3 is 3. The zero-order chi connectivity index (χ0) is 17.1. The van der Waals surface area contributed by atoms with E-state index in [0.29, 0.717) is 40.0 Å². The van der Waals surface area contributed by atoms with Crippen molar-refractivity contribution in [1.82, 2.24) is 0 Å². The number of nitrogens with one attached hydrogen (secondary N) is 1. The Morgan fingerprint density at radius 3 is 2.25 bits per heavy atom. The maximum Gasteiger partial charge on any atom is 0.256 e. The molecule has 2 aromatic rings. The third kappa shape index (κ3) is 2.88. The lowest BCUT2D eigenvalue weighted by Gasteiger charge is -2.16. The van der Waals surface area contributed by atoms with Crippen LogP contribution in [0.1, 0.15) is 10.4 Å². The SMILES string of the molecule is COc1cc(OC)c(NC(=O)c2ccc3c(c2)OCO3)c(OC)c1. The van der Waals surface area contributed by atoms with E-state index in [1.54, 1.807) is 37.4 Å². The summed E-state index contributed by atoms with van der Waals surface area (Å²) in [5.74, 6) is 2.25. The molecule has 1 aliphatic rings. The summed E-state index contributed by atoms with van der Waals surface area (Å²) in [4.78, 5) is 12.6. The molecular weight excluding hydrogens is 314 g/mol. The van der Waals surface area contributed by atoms with E-state index in [2.05, 4.69) is 5.32 Å². The first-order chi connectivity index (χ1) is 11.7. The first kappa shape index (κ1) is 15.8. The van der Waals surface area contributed by atoms with Crippen LogP contribution in [0.3, 0.4) is 0 Å². The monoisotopic (exact) mass is 331 g/mol. The van der Waals surface area contributed by atoms with Gasteiger partial charge in [0, 0.05) is 17.7 Å². The van der Waals surface area contributed by atoms with Gasteiger partial charge in [-0.1, -0.05) is 0 Å². The quantitative estimate of drug-likeness (QED) is 0.908. The fourth-order valence-electron chi connectivity index (χ4n) is 2.35. The van der Waals surface area contributed by atoms with Gasteiger partial charge in [0.05, 0.1) is 21.3 Å². The maximum atomic E-state index is 12.6. The molecule has 1 aliphatic heterocycles. The van der Waals surface area contributed by atoms with E-state index < -0.39 is 0 Å². The largest absolute Gasteiger partial charge is 0.496 e. The first-order valence-electron chi connectivity index (χ1n) is 7.17. The Hall–Kier alpha value is -3.09. The fraction of sp³-hybridized carbons (Fsp3) is 0.235. The minimum Gasteiger partial charge on any atom is -0.496 e. The summed E-state index contributed by atoms with van der Waals surface area (Å²) >= 11 is 0. The zero-order valence-corrected chi connectivity index (χ0v) is 13.5. The predicted molar refractivity (Wildman–Crippen MR) is 86.6 cm³/mol. The highest BCUT2D eigenvalue weighted by molar-refractivity contribution is 6.06. The minimum atomic E-state index is -0.324. The highest BCUT2D eigenvalue weighted by Gasteiger charge is 2.19. The molecule has 1 amide bonds. The van der Waals surface area contributed by atoms with Crippen LogP contribution in [-0.4, -0.2) is 34.0 Å². The summed E-state index contributed by atoms with van der Waals surface area (Å²) in [6, 6.07) is 8.31. The number of amides is 1. The molecule has 0 unspecified atom stereocenters. The van der Waals surface area contributed by atoms with E-state index in [1.807, 2.05) is 0 Å². The third-order valence-electron chi connectivity index (χ3n) is 3.59.